The molecule has 0 bridgehead atoms. The Balaban J connectivity index is 1.80. The number of nitrogens with zero attached hydrogens (tertiary/aromatic N) is 3. The lowest BCUT2D eigenvalue weighted by Crippen LogP contribution is -2.39. The van der Waals surface area contributed by atoms with Crippen LogP contribution in [-0.2, 0) is 9.59 Å². The standard InChI is InChI=1S/C20H21N5O3/c1-24(2)20(28)13-7-6-8-14(11-13)22-19(27)16-12-17(18(21)26)25(23-16)15-9-4-3-5-10-15/h3-11,17H,12H2,1-2H3,(H2,21,26)(H,22,27). The van der Waals surface area contributed by atoms with Crippen LogP contribution in [0.5, 0.6) is 0 Å². The van der Waals surface area contributed by atoms with Gasteiger partial charge in [-0.2, -0.15) is 5.10 Å². The highest BCUT2D eigenvalue weighted by molar-refractivity contribution is 6.44. The van der Waals surface area contributed by atoms with Gasteiger partial charge in [0.15, 0.2) is 0 Å². The molecule has 0 saturated carbocycles. The highest BCUT2D eigenvalue weighted by Crippen LogP contribution is 2.25. The topological polar surface area (TPSA) is 108 Å². The van der Waals surface area contributed by atoms with Gasteiger partial charge in [-0.1, -0.05) is 24.3 Å². The van der Waals surface area contributed by atoms with Crippen LogP contribution in [0.25, 0.3) is 0 Å². The maximum absolute atomic E-state index is 12.7. The van der Waals surface area contributed by atoms with E-state index in [-0.39, 0.29) is 18.0 Å². The number of hydrogen-bond acceptors (Lipinski definition) is 5. The van der Waals surface area contributed by atoms with Crippen molar-refractivity contribution < 1.29 is 14.4 Å². The van der Waals surface area contributed by atoms with Crippen LogP contribution in [0.1, 0.15) is 16.8 Å². The molecule has 28 heavy (non-hydrogen) atoms. The summed E-state index contributed by atoms with van der Waals surface area (Å²) in [6.07, 6.45) is 0.104. The third-order valence-corrected chi connectivity index (χ3v) is 4.30. The van der Waals surface area contributed by atoms with Crippen LogP contribution in [0, 0.1) is 0 Å². The van der Waals surface area contributed by atoms with E-state index < -0.39 is 17.9 Å². The summed E-state index contributed by atoms with van der Waals surface area (Å²) >= 11 is 0. The summed E-state index contributed by atoms with van der Waals surface area (Å²) in [6.45, 7) is 0. The van der Waals surface area contributed by atoms with Gasteiger partial charge in [0.05, 0.1) is 5.69 Å². The molecular weight excluding hydrogens is 358 g/mol. The van der Waals surface area contributed by atoms with Gasteiger partial charge in [0.1, 0.15) is 11.8 Å². The maximum atomic E-state index is 12.7. The third kappa shape index (κ3) is 4.01. The van der Waals surface area contributed by atoms with Crippen LogP contribution in [0.2, 0.25) is 0 Å². The Labute approximate surface area is 162 Å². The number of primary amides is 1. The minimum absolute atomic E-state index is 0.104. The van der Waals surface area contributed by atoms with E-state index in [1.807, 2.05) is 18.2 Å². The number of nitrogens with one attached hydrogen (secondary N) is 1. The predicted octanol–water partition coefficient (Wildman–Crippen LogP) is 1.45. The molecule has 2 aromatic rings. The Morgan fingerprint density at radius 3 is 2.46 bits per heavy atom. The van der Waals surface area contributed by atoms with E-state index in [1.54, 1.807) is 50.5 Å². The number of carbonyl (C=O) groups excluding carboxylic acids is 3. The van der Waals surface area contributed by atoms with E-state index in [0.29, 0.717) is 16.9 Å². The molecule has 1 aliphatic heterocycles. The molecule has 3 N–H and O–H groups in total. The Morgan fingerprint density at radius 1 is 1.11 bits per heavy atom. The van der Waals surface area contributed by atoms with Gasteiger partial charge in [0, 0.05) is 31.8 Å². The van der Waals surface area contributed by atoms with Gasteiger partial charge in [-0.15, -0.1) is 0 Å². The molecule has 0 saturated heterocycles. The Bertz CT molecular complexity index is 940. The molecule has 1 aliphatic rings. The number of para-hydroxylation sites is 1. The summed E-state index contributed by atoms with van der Waals surface area (Å²) in [4.78, 5) is 38.0. The van der Waals surface area contributed by atoms with Crippen molar-refractivity contribution in [2.24, 2.45) is 10.8 Å². The zero-order valence-electron chi connectivity index (χ0n) is 15.6. The SMILES string of the molecule is CN(C)C(=O)c1cccc(NC(=O)C2=NN(c3ccccc3)C(C(N)=O)C2)c1. The van der Waals surface area contributed by atoms with Crippen molar-refractivity contribution in [2.75, 3.05) is 24.4 Å². The summed E-state index contributed by atoms with van der Waals surface area (Å²) in [5.41, 5.74) is 7.28. The first kappa shape index (κ1) is 19.1. The monoisotopic (exact) mass is 379 g/mol. The fourth-order valence-electron chi connectivity index (χ4n) is 2.88. The zero-order chi connectivity index (χ0) is 20.3. The van der Waals surface area contributed by atoms with Gasteiger partial charge < -0.3 is 16.0 Å². The fourth-order valence-corrected chi connectivity index (χ4v) is 2.88. The normalized spacial score (nSPS) is 15.7. The van der Waals surface area contributed by atoms with Crippen molar-refractivity contribution >= 4 is 34.8 Å². The highest BCUT2D eigenvalue weighted by atomic mass is 16.2. The first-order chi connectivity index (χ1) is 13.4. The van der Waals surface area contributed by atoms with Crippen molar-refractivity contribution in [1.29, 1.82) is 0 Å². The average Bonchev–Trinajstić information content (AvgIpc) is 3.14. The van der Waals surface area contributed by atoms with Gasteiger partial charge >= 0.3 is 0 Å². The van der Waals surface area contributed by atoms with E-state index in [4.69, 9.17) is 5.73 Å². The van der Waals surface area contributed by atoms with Crippen LogP contribution >= 0.6 is 0 Å². The molecule has 3 rings (SSSR count). The van der Waals surface area contributed by atoms with Gasteiger partial charge in [0.25, 0.3) is 11.8 Å². The Hall–Kier alpha value is -3.68. The zero-order valence-corrected chi connectivity index (χ0v) is 15.6. The molecule has 2 aromatic carbocycles. The number of anilines is 2. The Morgan fingerprint density at radius 2 is 1.82 bits per heavy atom. The molecule has 0 fully saturated rings. The van der Waals surface area contributed by atoms with Gasteiger partial charge in [-0.25, -0.2) is 0 Å². The van der Waals surface area contributed by atoms with Gasteiger partial charge in [0.2, 0.25) is 5.91 Å². The molecule has 8 heteroatoms. The molecule has 8 nitrogen and oxygen atoms in total. The number of carbonyl (C=O) groups is 3. The minimum atomic E-state index is -0.732. The predicted molar refractivity (Wildman–Crippen MR) is 107 cm³/mol. The van der Waals surface area contributed by atoms with Crippen molar-refractivity contribution in [3.63, 3.8) is 0 Å². The molecule has 3 amide bonds. The first-order valence-corrected chi connectivity index (χ1v) is 8.71. The van der Waals surface area contributed by atoms with Crippen LogP contribution in [0.4, 0.5) is 11.4 Å². The number of nitrogens with two attached hydrogens (primary N) is 1. The first-order valence-electron chi connectivity index (χ1n) is 8.71. The van der Waals surface area contributed by atoms with E-state index in [1.165, 1.54) is 9.91 Å². The summed E-state index contributed by atoms with van der Waals surface area (Å²) in [6, 6.07) is 15.0. The molecule has 1 heterocycles. The van der Waals surface area contributed by atoms with Crippen molar-refractivity contribution in [2.45, 2.75) is 12.5 Å². The molecule has 144 valence electrons. The summed E-state index contributed by atoms with van der Waals surface area (Å²) in [5, 5.41) is 8.50. The fraction of sp³-hybridized carbons (Fsp3) is 0.200. The van der Waals surface area contributed by atoms with E-state index >= 15 is 0 Å². The number of rotatable bonds is 5. The van der Waals surface area contributed by atoms with Crippen LogP contribution < -0.4 is 16.1 Å². The van der Waals surface area contributed by atoms with E-state index in [9.17, 15) is 14.4 Å². The third-order valence-electron chi connectivity index (χ3n) is 4.30. The second-order valence-corrected chi connectivity index (χ2v) is 6.58. The van der Waals surface area contributed by atoms with Gasteiger partial charge in [-0.05, 0) is 30.3 Å². The molecule has 1 atom stereocenters. The molecule has 0 spiro atoms. The number of amides is 3. The lowest BCUT2D eigenvalue weighted by atomic mass is 10.1. The number of benzene rings is 2. The smallest absolute Gasteiger partial charge is 0.271 e. The van der Waals surface area contributed by atoms with Gasteiger partial charge in [-0.3, -0.25) is 19.4 Å². The van der Waals surface area contributed by atoms with Crippen molar-refractivity contribution in [3.05, 3.63) is 60.2 Å². The lowest BCUT2D eigenvalue weighted by molar-refractivity contribution is -0.119. The van der Waals surface area contributed by atoms with E-state index in [2.05, 4.69) is 10.4 Å². The maximum Gasteiger partial charge on any atom is 0.271 e. The van der Waals surface area contributed by atoms with Crippen molar-refractivity contribution in [3.8, 4) is 0 Å². The van der Waals surface area contributed by atoms with Crippen molar-refractivity contribution in [1.82, 2.24) is 4.90 Å². The number of hydrogen-bond donors (Lipinski definition) is 2. The second-order valence-electron chi connectivity index (χ2n) is 6.58. The molecule has 1 unspecified atom stereocenters. The summed E-state index contributed by atoms with van der Waals surface area (Å²) in [7, 11) is 3.31. The quantitative estimate of drug-likeness (QED) is 0.819. The summed E-state index contributed by atoms with van der Waals surface area (Å²) < 4.78 is 0. The minimum Gasteiger partial charge on any atom is -0.368 e. The molecular formula is C20H21N5O3. The lowest BCUT2D eigenvalue weighted by Gasteiger charge is -2.20. The molecule has 0 aromatic heterocycles. The van der Waals surface area contributed by atoms with E-state index in [0.717, 1.165) is 0 Å². The highest BCUT2D eigenvalue weighted by Gasteiger charge is 2.34. The Kier molecular flexibility index (Phi) is 5.39. The molecule has 0 radical (unpaired) electrons. The largest absolute Gasteiger partial charge is 0.368 e. The summed E-state index contributed by atoms with van der Waals surface area (Å²) in [5.74, 6) is -1.17. The average molecular weight is 379 g/mol. The molecule has 0 aliphatic carbocycles. The van der Waals surface area contributed by atoms with Crippen LogP contribution in [0.3, 0.4) is 0 Å². The van der Waals surface area contributed by atoms with Crippen LogP contribution in [-0.4, -0.2) is 48.5 Å². The number of hydrazone groups is 1. The second kappa shape index (κ2) is 7.91. The van der Waals surface area contributed by atoms with Crippen LogP contribution in [0.15, 0.2) is 59.7 Å².